The Morgan fingerprint density at radius 3 is 2.91 bits per heavy atom. The van der Waals surface area contributed by atoms with Gasteiger partial charge in [-0.2, -0.15) is 0 Å². The normalized spacial score (nSPS) is 17.6. The molecule has 170 valence electrons. The number of fused-ring (bicyclic) bond motifs is 1. The third-order valence-corrected chi connectivity index (χ3v) is 6.52. The highest BCUT2D eigenvalue weighted by atomic mass is 32.1. The molecular formula is C22H26FN5O3S. The number of hydrogen-bond acceptors (Lipinski definition) is 7. The Kier molecular flexibility index (Phi) is 6.54. The predicted molar refractivity (Wildman–Crippen MR) is 123 cm³/mol. The number of rotatable bonds is 5. The van der Waals surface area contributed by atoms with Gasteiger partial charge in [0.2, 0.25) is 0 Å². The number of urea groups is 1. The summed E-state index contributed by atoms with van der Waals surface area (Å²) in [7, 11) is 0. The van der Waals surface area contributed by atoms with Crippen molar-refractivity contribution in [2.75, 3.05) is 36.5 Å². The van der Waals surface area contributed by atoms with Gasteiger partial charge < -0.3 is 20.0 Å². The van der Waals surface area contributed by atoms with Crippen LogP contribution in [0.5, 0.6) is 0 Å². The van der Waals surface area contributed by atoms with Crippen molar-refractivity contribution in [2.24, 2.45) is 0 Å². The van der Waals surface area contributed by atoms with E-state index in [4.69, 9.17) is 5.11 Å². The Hall–Kier alpha value is -2.82. The van der Waals surface area contributed by atoms with Crippen LogP contribution >= 0.6 is 11.3 Å². The molecule has 0 spiro atoms. The molecule has 2 aromatic heterocycles. The van der Waals surface area contributed by atoms with Crippen LogP contribution in [0.3, 0.4) is 0 Å². The van der Waals surface area contributed by atoms with E-state index in [2.05, 4.69) is 15.3 Å². The van der Waals surface area contributed by atoms with Gasteiger partial charge in [0.1, 0.15) is 0 Å². The number of amides is 2. The molecule has 0 bridgehead atoms. The van der Waals surface area contributed by atoms with E-state index >= 15 is 0 Å². The second-order valence-corrected chi connectivity index (χ2v) is 9.08. The molecule has 2 atom stereocenters. The number of halogens is 1. The van der Waals surface area contributed by atoms with Crippen molar-refractivity contribution in [3.63, 3.8) is 0 Å². The fourth-order valence-corrected chi connectivity index (χ4v) is 4.84. The van der Waals surface area contributed by atoms with Crippen molar-refractivity contribution in [1.82, 2.24) is 14.9 Å². The molecule has 0 aliphatic carbocycles. The van der Waals surface area contributed by atoms with Crippen molar-refractivity contribution in [2.45, 2.75) is 32.4 Å². The number of benzene rings is 1. The number of carbonyl (C=O) groups is 1. The van der Waals surface area contributed by atoms with Crippen molar-refractivity contribution >= 4 is 38.5 Å². The van der Waals surface area contributed by atoms with E-state index in [0.717, 1.165) is 15.8 Å². The van der Waals surface area contributed by atoms with Gasteiger partial charge in [-0.1, -0.05) is 23.5 Å². The van der Waals surface area contributed by atoms with Gasteiger partial charge in [0.05, 0.1) is 22.9 Å². The molecule has 1 fully saturated rings. The van der Waals surface area contributed by atoms with E-state index in [0.29, 0.717) is 30.3 Å². The fourth-order valence-electron chi connectivity index (χ4n) is 3.91. The number of hydrogen-bond donors (Lipinski definition) is 3. The minimum Gasteiger partial charge on any atom is -0.394 e. The molecule has 0 saturated carbocycles. The molecule has 1 aliphatic rings. The van der Waals surface area contributed by atoms with Crippen molar-refractivity contribution < 1.29 is 19.4 Å². The van der Waals surface area contributed by atoms with Crippen LogP contribution in [-0.4, -0.2) is 69.5 Å². The second-order valence-electron chi connectivity index (χ2n) is 8.05. The summed E-state index contributed by atoms with van der Waals surface area (Å²) in [6.07, 6.45) is 0.704. The maximum absolute atomic E-state index is 14.6. The number of aliphatic hydroxyl groups is 2. The summed E-state index contributed by atoms with van der Waals surface area (Å²) in [4.78, 5) is 25.2. The number of nitrogens with zero attached hydrogens (tertiary/aromatic N) is 4. The molecular weight excluding hydrogens is 433 g/mol. The van der Waals surface area contributed by atoms with Gasteiger partial charge in [0.15, 0.2) is 16.8 Å². The maximum atomic E-state index is 14.6. The zero-order valence-corrected chi connectivity index (χ0v) is 18.8. The smallest absolute Gasteiger partial charge is 0.324 e. The Balaban J connectivity index is 1.40. The number of para-hydroxylation sites is 1. The minimum absolute atomic E-state index is 0.135. The summed E-state index contributed by atoms with van der Waals surface area (Å²) in [5.74, 6) is -0.261. The maximum Gasteiger partial charge on any atom is 0.324 e. The highest BCUT2D eigenvalue weighted by molar-refractivity contribution is 7.22. The molecule has 8 nitrogen and oxygen atoms in total. The Morgan fingerprint density at radius 2 is 2.22 bits per heavy atom. The summed E-state index contributed by atoms with van der Waals surface area (Å²) >= 11 is 1.44. The first-order chi connectivity index (χ1) is 15.4. The number of thiazole rings is 1. The lowest BCUT2D eigenvalue weighted by molar-refractivity contribution is 0.0954. The molecule has 10 heteroatoms. The number of carbonyl (C=O) groups excluding carboxylic acids is 1. The zero-order valence-electron chi connectivity index (χ0n) is 18.0. The standard InChI is InChI=1S/C22H26FN5O3S/c1-13-4-3-5-18-19(13)25-21(32-18)26-22(31)28-7-6-27(11-14(28)2)20-17(23)9-15(10-24-20)8-16(30)12-29/h3-5,9-10,14,16,29-30H,6-8,11-12H2,1-2H3,(H,25,26,31)/t14-,16-/m0/s1. The molecule has 0 radical (unpaired) electrons. The number of aryl methyl sites for hydroxylation is 1. The van der Waals surface area contributed by atoms with Crippen LogP contribution in [-0.2, 0) is 6.42 Å². The molecule has 1 aromatic carbocycles. The SMILES string of the molecule is Cc1cccc2sc(NC(=O)N3CCN(c4ncc(C[C@H](O)CO)cc4F)C[C@@H]3C)nc12. The minimum atomic E-state index is -0.941. The number of anilines is 2. The van der Waals surface area contributed by atoms with Crippen LogP contribution in [0.15, 0.2) is 30.5 Å². The summed E-state index contributed by atoms with van der Waals surface area (Å²) in [5, 5.41) is 21.9. The summed E-state index contributed by atoms with van der Waals surface area (Å²) < 4.78 is 15.7. The van der Waals surface area contributed by atoms with Crippen molar-refractivity contribution in [1.29, 1.82) is 0 Å². The second kappa shape index (κ2) is 9.35. The highest BCUT2D eigenvalue weighted by Gasteiger charge is 2.30. The highest BCUT2D eigenvalue weighted by Crippen LogP contribution is 2.28. The third kappa shape index (κ3) is 4.67. The van der Waals surface area contributed by atoms with E-state index in [1.807, 2.05) is 36.9 Å². The van der Waals surface area contributed by atoms with Crippen LogP contribution in [0.1, 0.15) is 18.1 Å². The molecule has 1 saturated heterocycles. The van der Waals surface area contributed by atoms with Gasteiger partial charge in [-0.3, -0.25) is 5.32 Å². The lowest BCUT2D eigenvalue weighted by atomic mass is 10.1. The van der Waals surface area contributed by atoms with E-state index in [1.165, 1.54) is 23.6 Å². The predicted octanol–water partition coefficient (Wildman–Crippen LogP) is 2.78. The zero-order chi connectivity index (χ0) is 22.8. The van der Waals surface area contributed by atoms with Crippen LogP contribution in [0.4, 0.5) is 20.1 Å². The Labute approximate surface area is 189 Å². The molecule has 4 rings (SSSR count). The first kappa shape index (κ1) is 22.4. The van der Waals surface area contributed by atoms with Crippen LogP contribution in [0.2, 0.25) is 0 Å². The number of aliphatic hydroxyl groups excluding tert-OH is 2. The average molecular weight is 460 g/mol. The summed E-state index contributed by atoms with van der Waals surface area (Å²) in [6.45, 7) is 4.82. The average Bonchev–Trinajstić information content (AvgIpc) is 3.17. The first-order valence-electron chi connectivity index (χ1n) is 10.5. The van der Waals surface area contributed by atoms with Gasteiger partial charge in [-0.25, -0.2) is 19.2 Å². The van der Waals surface area contributed by atoms with E-state index in [9.17, 15) is 14.3 Å². The molecule has 2 amide bonds. The van der Waals surface area contributed by atoms with Crippen LogP contribution in [0, 0.1) is 12.7 Å². The van der Waals surface area contributed by atoms with E-state index in [-0.39, 0.29) is 30.9 Å². The molecule has 3 aromatic rings. The van der Waals surface area contributed by atoms with Crippen LogP contribution in [0.25, 0.3) is 10.2 Å². The lowest BCUT2D eigenvalue weighted by Gasteiger charge is -2.40. The largest absolute Gasteiger partial charge is 0.394 e. The molecule has 1 aliphatic heterocycles. The van der Waals surface area contributed by atoms with E-state index < -0.39 is 11.9 Å². The molecule has 3 heterocycles. The molecule has 32 heavy (non-hydrogen) atoms. The Bertz CT molecular complexity index is 1120. The third-order valence-electron chi connectivity index (χ3n) is 5.58. The quantitative estimate of drug-likeness (QED) is 0.542. The summed E-state index contributed by atoms with van der Waals surface area (Å²) in [5.41, 5.74) is 2.47. The number of piperazine rings is 1. The number of aromatic nitrogens is 2. The van der Waals surface area contributed by atoms with Gasteiger partial charge in [0.25, 0.3) is 0 Å². The first-order valence-corrected chi connectivity index (χ1v) is 11.3. The fraction of sp³-hybridized carbons (Fsp3) is 0.409. The molecule has 0 unspecified atom stereocenters. The number of nitrogens with one attached hydrogen (secondary N) is 1. The van der Waals surface area contributed by atoms with Crippen molar-refractivity contribution in [3.05, 3.63) is 47.4 Å². The Morgan fingerprint density at radius 1 is 1.41 bits per heavy atom. The number of pyridine rings is 1. The topological polar surface area (TPSA) is 102 Å². The van der Waals surface area contributed by atoms with Crippen molar-refractivity contribution in [3.8, 4) is 0 Å². The van der Waals surface area contributed by atoms with E-state index in [1.54, 1.807) is 4.90 Å². The molecule has 3 N–H and O–H groups in total. The van der Waals surface area contributed by atoms with Crippen LogP contribution < -0.4 is 10.2 Å². The van der Waals surface area contributed by atoms with Gasteiger partial charge in [-0.15, -0.1) is 0 Å². The summed E-state index contributed by atoms with van der Waals surface area (Å²) in [6, 6.07) is 6.89. The van der Waals surface area contributed by atoms with Gasteiger partial charge in [0, 0.05) is 38.3 Å². The lowest BCUT2D eigenvalue weighted by Crippen LogP contribution is -2.55. The van der Waals surface area contributed by atoms with Gasteiger partial charge in [-0.05, 0) is 37.1 Å². The monoisotopic (exact) mass is 459 g/mol. The van der Waals surface area contributed by atoms with Gasteiger partial charge >= 0.3 is 6.03 Å².